The second-order valence-corrected chi connectivity index (χ2v) is 7.37. The van der Waals surface area contributed by atoms with Crippen LogP contribution < -0.4 is 5.32 Å². The molecule has 0 aliphatic rings. The summed E-state index contributed by atoms with van der Waals surface area (Å²) in [5.74, 6) is 0.657. The van der Waals surface area contributed by atoms with Gasteiger partial charge in [-0.15, -0.1) is 0 Å². The molecule has 2 aromatic heterocycles. The average Bonchev–Trinajstić information content (AvgIpc) is 3.37. The summed E-state index contributed by atoms with van der Waals surface area (Å²) in [6, 6.07) is 12.8. The van der Waals surface area contributed by atoms with E-state index in [0.29, 0.717) is 30.9 Å². The number of aryl methyl sites for hydroxylation is 1. The molecule has 3 rings (SSSR count). The first-order chi connectivity index (χ1) is 14.9. The van der Waals surface area contributed by atoms with Crippen molar-refractivity contribution in [2.75, 3.05) is 18.4 Å². The minimum absolute atomic E-state index is 0.00678. The summed E-state index contributed by atoms with van der Waals surface area (Å²) in [7, 11) is 0. The number of aromatic nitrogens is 1. The molecule has 31 heavy (non-hydrogen) atoms. The summed E-state index contributed by atoms with van der Waals surface area (Å²) in [5, 5.41) is 2.84. The summed E-state index contributed by atoms with van der Waals surface area (Å²) >= 11 is 0. The molecule has 162 valence electrons. The lowest BCUT2D eigenvalue weighted by atomic mass is 10.1. The van der Waals surface area contributed by atoms with Gasteiger partial charge in [-0.3, -0.25) is 9.59 Å². The number of hydrogen-bond acceptors (Lipinski definition) is 3. The molecule has 1 N–H and O–H groups in total. The first kappa shape index (κ1) is 22.2. The standard InChI is InChI=1S/C25H29N3O3/c1-5-27(6-2)25(30)20-9-12-22(13-10-20)26-24(29)14-11-21-16-18(3)28(19(21)4)17-23-8-7-15-31-23/h7-16H,5-6,17H2,1-4H3,(H,26,29)/b14-11+. The van der Waals surface area contributed by atoms with Crippen molar-refractivity contribution < 1.29 is 14.0 Å². The maximum absolute atomic E-state index is 12.4. The fourth-order valence-electron chi connectivity index (χ4n) is 3.54. The number of nitrogens with zero attached hydrogens (tertiary/aromatic N) is 2. The first-order valence-corrected chi connectivity index (χ1v) is 10.5. The number of hydrogen-bond donors (Lipinski definition) is 1. The fourth-order valence-corrected chi connectivity index (χ4v) is 3.54. The predicted octanol–water partition coefficient (Wildman–Crippen LogP) is 4.88. The van der Waals surface area contributed by atoms with Crippen molar-refractivity contribution in [3.63, 3.8) is 0 Å². The van der Waals surface area contributed by atoms with Gasteiger partial charge in [-0.1, -0.05) is 0 Å². The molecule has 3 aromatic rings. The molecule has 0 unspecified atom stereocenters. The zero-order valence-electron chi connectivity index (χ0n) is 18.5. The smallest absolute Gasteiger partial charge is 0.253 e. The number of carbonyl (C=O) groups is 2. The second-order valence-electron chi connectivity index (χ2n) is 7.37. The Balaban J connectivity index is 1.64. The van der Waals surface area contributed by atoms with E-state index in [1.54, 1.807) is 35.4 Å². The minimum Gasteiger partial charge on any atom is -0.467 e. The maximum Gasteiger partial charge on any atom is 0.253 e. The van der Waals surface area contributed by atoms with Gasteiger partial charge in [0.25, 0.3) is 5.91 Å². The molecule has 6 heteroatoms. The molecule has 0 fully saturated rings. The van der Waals surface area contributed by atoms with Crippen LogP contribution in [0.4, 0.5) is 5.69 Å². The summed E-state index contributed by atoms with van der Waals surface area (Å²) in [6.45, 7) is 9.96. The quantitative estimate of drug-likeness (QED) is 0.529. The monoisotopic (exact) mass is 419 g/mol. The lowest BCUT2D eigenvalue weighted by Gasteiger charge is -2.18. The van der Waals surface area contributed by atoms with E-state index in [1.165, 1.54) is 6.08 Å². The minimum atomic E-state index is -0.223. The fraction of sp³-hybridized carbons (Fsp3) is 0.280. The molecular weight excluding hydrogens is 390 g/mol. The summed E-state index contributed by atoms with van der Waals surface area (Å²) in [5.41, 5.74) is 4.41. The van der Waals surface area contributed by atoms with Gasteiger partial charge in [0.1, 0.15) is 5.76 Å². The van der Waals surface area contributed by atoms with Gasteiger partial charge in [-0.2, -0.15) is 0 Å². The van der Waals surface area contributed by atoms with E-state index in [4.69, 9.17) is 4.42 Å². The van der Waals surface area contributed by atoms with Gasteiger partial charge in [-0.25, -0.2) is 0 Å². The number of nitrogens with one attached hydrogen (secondary N) is 1. The third-order valence-corrected chi connectivity index (χ3v) is 5.37. The Morgan fingerprint density at radius 2 is 1.81 bits per heavy atom. The SMILES string of the molecule is CCN(CC)C(=O)c1ccc(NC(=O)/C=C/c2cc(C)n(Cc3ccco3)c2C)cc1. The van der Waals surface area contributed by atoms with Crippen molar-refractivity contribution >= 4 is 23.6 Å². The van der Waals surface area contributed by atoms with Crippen LogP contribution in [0.5, 0.6) is 0 Å². The van der Waals surface area contributed by atoms with Crippen LogP contribution in [0.15, 0.2) is 59.2 Å². The van der Waals surface area contributed by atoms with Crippen LogP contribution in [-0.2, 0) is 11.3 Å². The molecule has 0 spiro atoms. The van der Waals surface area contributed by atoms with Crippen molar-refractivity contribution in [1.29, 1.82) is 0 Å². The Bertz CT molecular complexity index is 1060. The van der Waals surface area contributed by atoms with Gasteiger partial charge in [0, 0.05) is 41.8 Å². The van der Waals surface area contributed by atoms with E-state index in [-0.39, 0.29) is 11.8 Å². The Labute approximate surface area is 183 Å². The largest absolute Gasteiger partial charge is 0.467 e. The average molecular weight is 420 g/mol. The Morgan fingerprint density at radius 1 is 1.10 bits per heavy atom. The number of rotatable bonds is 8. The molecule has 0 aliphatic carbocycles. The Hall–Kier alpha value is -3.54. The lowest BCUT2D eigenvalue weighted by Crippen LogP contribution is -2.30. The highest BCUT2D eigenvalue weighted by Crippen LogP contribution is 2.19. The van der Waals surface area contributed by atoms with Crippen LogP contribution in [-0.4, -0.2) is 34.4 Å². The van der Waals surface area contributed by atoms with Crippen LogP contribution >= 0.6 is 0 Å². The highest BCUT2D eigenvalue weighted by atomic mass is 16.3. The summed E-state index contributed by atoms with van der Waals surface area (Å²) in [6.07, 6.45) is 5.00. The number of furan rings is 1. The molecular formula is C25H29N3O3. The molecule has 0 bridgehead atoms. The molecule has 2 heterocycles. The number of amides is 2. The van der Waals surface area contributed by atoms with Crippen molar-refractivity contribution in [3.8, 4) is 0 Å². The third kappa shape index (κ3) is 5.34. The van der Waals surface area contributed by atoms with E-state index in [1.807, 2.05) is 45.9 Å². The van der Waals surface area contributed by atoms with Crippen molar-refractivity contribution in [2.24, 2.45) is 0 Å². The van der Waals surface area contributed by atoms with Crippen LogP contribution in [0.2, 0.25) is 0 Å². The first-order valence-electron chi connectivity index (χ1n) is 10.5. The van der Waals surface area contributed by atoms with E-state index in [0.717, 1.165) is 22.7 Å². The molecule has 1 aromatic carbocycles. The van der Waals surface area contributed by atoms with Gasteiger partial charge in [0.2, 0.25) is 5.91 Å². The third-order valence-electron chi connectivity index (χ3n) is 5.37. The van der Waals surface area contributed by atoms with Crippen LogP contribution in [0.3, 0.4) is 0 Å². The topological polar surface area (TPSA) is 67.5 Å². The van der Waals surface area contributed by atoms with Crippen LogP contribution in [0.25, 0.3) is 6.08 Å². The highest BCUT2D eigenvalue weighted by Gasteiger charge is 2.12. The second kappa shape index (κ2) is 9.98. The zero-order valence-corrected chi connectivity index (χ0v) is 18.5. The van der Waals surface area contributed by atoms with Crippen LogP contribution in [0, 0.1) is 13.8 Å². The van der Waals surface area contributed by atoms with E-state index in [2.05, 4.69) is 16.0 Å². The lowest BCUT2D eigenvalue weighted by molar-refractivity contribution is -0.111. The summed E-state index contributed by atoms with van der Waals surface area (Å²) in [4.78, 5) is 26.5. The number of benzene rings is 1. The van der Waals surface area contributed by atoms with E-state index < -0.39 is 0 Å². The normalized spacial score (nSPS) is 11.1. The van der Waals surface area contributed by atoms with E-state index >= 15 is 0 Å². The predicted molar refractivity (Wildman–Crippen MR) is 123 cm³/mol. The van der Waals surface area contributed by atoms with Gasteiger partial charge < -0.3 is 19.2 Å². The molecule has 0 saturated carbocycles. The molecule has 6 nitrogen and oxygen atoms in total. The zero-order chi connectivity index (χ0) is 22.4. The van der Waals surface area contributed by atoms with Crippen molar-refractivity contribution in [2.45, 2.75) is 34.2 Å². The summed E-state index contributed by atoms with van der Waals surface area (Å²) < 4.78 is 7.60. The Kier molecular flexibility index (Phi) is 7.13. The molecule has 2 amide bonds. The highest BCUT2D eigenvalue weighted by molar-refractivity contribution is 6.02. The number of anilines is 1. The molecule has 0 aliphatic heterocycles. The van der Waals surface area contributed by atoms with Crippen molar-refractivity contribution in [3.05, 3.63) is 83.1 Å². The van der Waals surface area contributed by atoms with Gasteiger partial charge in [0.15, 0.2) is 0 Å². The Morgan fingerprint density at radius 3 is 2.42 bits per heavy atom. The van der Waals surface area contributed by atoms with Gasteiger partial charge >= 0.3 is 0 Å². The number of carbonyl (C=O) groups excluding carboxylic acids is 2. The van der Waals surface area contributed by atoms with Gasteiger partial charge in [-0.05, 0) is 81.8 Å². The van der Waals surface area contributed by atoms with Gasteiger partial charge in [0.05, 0.1) is 12.8 Å². The molecule has 0 radical (unpaired) electrons. The van der Waals surface area contributed by atoms with Crippen molar-refractivity contribution in [1.82, 2.24) is 9.47 Å². The van der Waals surface area contributed by atoms with Crippen LogP contribution in [0.1, 0.15) is 46.9 Å². The molecule has 0 saturated heterocycles. The van der Waals surface area contributed by atoms with E-state index in [9.17, 15) is 9.59 Å². The molecule has 0 atom stereocenters. The maximum atomic E-state index is 12.4.